The summed E-state index contributed by atoms with van der Waals surface area (Å²) in [6, 6.07) is 7.57. The molecule has 3 aromatic heterocycles. The van der Waals surface area contributed by atoms with E-state index < -0.39 is 11.8 Å². The Morgan fingerprint density at radius 1 is 0.952 bits per heavy atom. The molecule has 0 unspecified atom stereocenters. The molecule has 0 saturated carbocycles. The minimum absolute atomic E-state index is 0.0306. The first-order chi connectivity index (χ1) is 20.2. The first-order valence-corrected chi connectivity index (χ1v) is 12.7. The lowest BCUT2D eigenvalue weighted by Crippen LogP contribution is -2.21. The zero-order valence-corrected chi connectivity index (χ0v) is 22.7. The standard InChI is InChI=1S/C27H28N10O5/c1-30-26-32-17-10-15(24(28)40)12-19(38)22(17)36(26)8-3-4-9-37-23-18(11-16(25(29)41)13-20(23)42-2)33-27(37)34-21(39)14-35-7-5-6-31-35/h3-7,10-13,38H,8-9,14H2,1-2H3,(H2,28,40)(H2,29,41)(H,30,32)(H,33,34,39)/b4-3+. The highest BCUT2D eigenvalue weighted by Gasteiger charge is 2.20. The number of ether oxygens (including phenoxy) is 1. The van der Waals surface area contributed by atoms with Crippen molar-refractivity contribution in [2.75, 3.05) is 24.8 Å². The Morgan fingerprint density at radius 3 is 2.17 bits per heavy atom. The zero-order chi connectivity index (χ0) is 30.0. The number of carbonyl (C=O) groups excluding carboxylic acids is 3. The maximum atomic E-state index is 12.8. The lowest BCUT2D eigenvalue weighted by Gasteiger charge is -2.11. The lowest BCUT2D eigenvalue weighted by atomic mass is 10.1. The Bertz CT molecular complexity index is 1850. The van der Waals surface area contributed by atoms with E-state index in [-0.39, 0.29) is 41.8 Å². The van der Waals surface area contributed by atoms with Gasteiger partial charge in [-0.25, -0.2) is 9.97 Å². The van der Waals surface area contributed by atoms with E-state index in [9.17, 15) is 19.5 Å². The van der Waals surface area contributed by atoms with Crippen molar-refractivity contribution in [3.8, 4) is 11.5 Å². The van der Waals surface area contributed by atoms with Gasteiger partial charge in [-0.15, -0.1) is 0 Å². The predicted molar refractivity (Wildman–Crippen MR) is 154 cm³/mol. The molecule has 0 aliphatic carbocycles. The Kier molecular flexibility index (Phi) is 7.47. The van der Waals surface area contributed by atoms with Crippen LogP contribution in [0.25, 0.3) is 22.1 Å². The van der Waals surface area contributed by atoms with Gasteiger partial charge in [0.1, 0.15) is 29.1 Å². The van der Waals surface area contributed by atoms with Gasteiger partial charge in [0.15, 0.2) is 0 Å². The highest BCUT2D eigenvalue weighted by Crippen LogP contribution is 2.32. The van der Waals surface area contributed by atoms with Crippen molar-refractivity contribution in [2.45, 2.75) is 19.6 Å². The summed E-state index contributed by atoms with van der Waals surface area (Å²) in [5, 5.41) is 20.5. The Morgan fingerprint density at radius 2 is 1.57 bits per heavy atom. The Labute approximate surface area is 238 Å². The molecule has 0 aliphatic rings. The third-order valence-electron chi connectivity index (χ3n) is 6.50. The van der Waals surface area contributed by atoms with Crippen LogP contribution < -0.4 is 26.8 Å². The number of allylic oxidation sites excluding steroid dienone is 2. The molecule has 0 spiro atoms. The molecule has 0 aliphatic heterocycles. The number of nitrogens with two attached hydrogens (primary N) is 2. The number of phenolic OH excluding ortho intramolecular Hbond substituents is 1. The average molecular weight is 573 g/mol. The van der Waals surface area contributed by atoms with E-state index in [2.05, 4.69) is 25.7 Å². The number of hydrogen-bond acceptors (Lipinski definition) is 9. The lowest BCUT2D eigenvalue weighted by molar-refractivity contribution is -0.117. The van der Waals surface area contributed by atoms with E-state index in [4.69, 9.17) is 16.2 Å². The summed E-state index contributed by atoms with van der Waals surface area (Å²) < 4.78 is 10.5. The number of carbonyl (C=O) groups is 3. The van der Waals surface area contributed by atoms with E-state index in [1.165, 1.54) is 36.1 Å². The molecule has 0 bridgehead atoms. The maximum absolute atomic E-state index is 12.8. The van der Waals surface area contributed by atoms with E-state index in [1.807, 2.05) is 12.2 Å². The summed E-state index contributed by atoms with van der Waals surface area (Å²) in [6.07, 6.45) is 6.92. The molecule has 2 aromatic carbocycles. The predicted octanol–water partition coefficient (Wildman–Crippen LogP) is 1.43. The number of primary amides is 2. The van der Waals surface area contributed by atoms with Crippen molar-refractivity contribution >= 4 is 51.7 Å². The van der Waals surface area contributed by atoms with Crippen LogP contribution in [0.1, 0.15) is 20.7 Å². The largest absolute Gasteiger partial charge is 0.506 e. The van der Waals surface area contributed by atoms with Gasteiger partial charge in [-0.2, -0.15) is 5.10 Å². The topological polar surface area (TPSA) is 210 Å². The Balaban J connectivity index is 1.48. The van der Waals surface area contributed by atoms with Crippen molar-refractivity contribution < 1.29 is 24.2 Å². The van der Waals surface area contributed by atoms with Crippen molar-refractivity contribution in [2.24, 2.45) is 11.5 Å². The molecule has 3 heterocycles. The number of benzene rings is 2. The summed E-state index contributed by atoms with van der Waals surface area (Å²) in [5.41, 5.74) is 13.0. The quantitative estimate of drug-likeness (QED) is 0.145. The number of methoxy groups -OCH3 is 1. The van der Waals surface area contributed by atoms with Gasteiger partial charge in [0.05, 0.1) is 18.1 Å². The van der Waals surface area contributed by atoms with Gasteiger partial charge < -0.3 is 35.8 Å². The fourth-order valence-electron chi connectivity index (χ4n) is 4.62. The monoisotopic (exact) mass is 572 g/mol. The second-order valence-corrected chi connectivity index (χ2v) is 9.20. The van der Waals surface area contributed by atoms with Crippen LogP contribution in [0.2, 0.25) is 0 Å². The van der Waals surface area contributed by atoms with E-state index >= 15 is 0 Å². The minimum Gasteiger partial charge on any atom is -0.506 e. The number of nitrogens with one attached hydrogen (secondary N) is 2. The van der Waals surface area contributed by atoms with Gasteiger partial charge >= 0.3 is 0 Å². The molecule has 0 radical (unpaired) electrons. The molecule has 0 saturated heterocycles. The number of amides is 3. The Hall–Kier alpha value is -5.86. The van der Waals surface area contributed by atoms with Crippen LogP contribution in [0, 0.1) is 0 Å². The number of phenols is 1. The third-order valence-corrected chi connectivity index (χ3v) is 6.50. The molecule has 42 heavy (non-hydrogen) atoms. The number of imidazole rings is 2. The second-order valence-electron chi connectivity index (χ2n) is 9.20. The smallest absolute Gasteiger partial charge is 0.248 e. The number of fused-ring (bicyclic) bond motifs is 2. The first kappa shape index (κ1) is 27.7. The van der Waals surface area contributed by atoms with Crippen LogP contribution in [0.5, 0.6) is 11.5 Å². The van der Waals surface area contributed by atoms with Gasteiger partial charge in [-0.3, -0.25) is 24.4 Å². The van der Waals surface area contributed by atoms with Crippen LogP contribution in [0.4, 0.5) is 11.9 Å². The first-order valence-electron chi connectivity index (χ1n) is 12.7. The summed E-state index contributed by atoms with van der Waals surface area (Å²) in [4.78, 5) is 45.3. The molecule has 0 fully saturated rings. The number of aromatic hydroxyl groups is 1. The van der Waals surface area contributed by atoms with Crippen molar-refractivity contribution in [1.29, 1.82) is 0 Å². The van der Waals surface area contributed by atoms with Gasteiger partial charge in [-0.1, -0.05) is 12.2 Å². The van der Waals surface area contributed by atoms with E-state index in [0.717, 1.165) is 0 Å². The molecule has 5 aromatic rings. The van der Waals surface area contributed by atoms with Gasteiger partial charge in [0.2, 0.25) is 29.6 Å². The zero-order valence-electron chi connectivity index (χ0n) is 22.7. The second kappa shape index (κ2) is 11.3. The molecular weight excluding hydrogens is 544 g/mol. The number of rotatable bonds is 11. The van der Waals surface area contributed by atoms with Crippen LogP contribution in [0.15, 0.2) is 54.9 Å². The third kappa shape index (κ3) is 5.30. The van der Waals surface area contributed by atoms with Crippen molar-refractivity contribution in [1.82, 2.24) is 28.9 Å². The highest BCUT2D eigenvalue weighted by molar-refractivity contribution is 6.00. The van der Waals surface area contributed by atoms with Crippen molar-refractivity contribution in [3.05, 3.63) is 66.0 Å². The van der Waals surface area contributed by atoms with Gasteiger partial charge in [0, 0.05) is 43.7 Å². The summed E-state index contributed by atoms with van der Waals surface area (Å²) in [7, 11) is 3.15. The average Bonchev–Trinajstić information content (AvgIpc) is 3.68. The fraction of sp³-hybridized carbons (Fsp3) is 0.185. The number of anilines is 2. The molecule has 216 valence electrons. The van der Waals surface area contributed by atoms with Gasteiger partial charge in [-0.05, 0) is 30.3 Å². The van der Waals surface area contributed by atoms with Crippen LogP contribution in [-0.4, -0.2) is 65.9 Å². The van der Waals surface area contributed by atoms with E-state index in [1.54, 1.807) is 34.6 Å². The fourth-order valence-corrected chi connectivity index (χ4v) is 4.62. The SMILES string of the molecule is CNc1nc2cc(C(N)=O)cc(O)c2n1C/C=C/Cn1c(NC(=O)Cn2cccn2)nc2cc(C(N)=O)cc(OC)c21. The minimum atomic E-state index is -0.675. The maximum Gasteiger partial charge on any atom is 0.248 e. The summed E-state index contributed by atoms with van der Waals surface area (Å²) >= 11 is 0. The molecule has 15 nitrogen and oxygen atoms in total. The van der Waals surface area contributed by atoms with E-state index in [0.29, 0.717) is 40.3 Å². The molecule has 3 amide bonds. The van der Waals surface area contributed by atoms with Crippen LogP contribution in [0.3, 0.4) is 0 Å². The normalized spacial score (nSPS) is 11.4. The van der Waals surface area contributed by atoms with Gasteiger partial charge in [0.25, 0.3) is 0 Å². The highest BCUT2D eigenvalue weighted by atomic mass is 16.5. The summed E-state index contributed by atoms with van der Waals surface area (Å²) in [6.45, 7) is 0.517. The molecule has 15 heteroatoms. The number of aromatic nitrogens is 6. The van der Waals surface area contributed by atoms with Crippen molar-refractivity contribution in [3.63, 3.8) is 0 Å². The number of hydrogen-bond donors (Lipinski definition) is 5. The molecule has 0 atom stereocenters. The number of nitrogens with zero attached hydrogens (tertiary/aromatic N) is 6. The van der Waals surface area contributed by atoms with Crippen LogP contribution in [-0.2, 0) is 24.4 Å². The molecule has 7 N–H and O–H groups in total. The summed E-state index contributed by atoms with van der Waals surface area (Å²) in [5.74, 6) is -0.773. The molecular formula is C27H28N10O5. The molecule has 5 rings (SSSR count). The van der Waals surface area contributed by atoms with Crippen LogP contribution >= 0.6 is 0 Å².